The van der Waals surface area contributed by atoms with Gasteiger partial charge in [-0.25, -0.2) is 0 Å². The van der Waals surface area contributed by atoms with Gasteiger partial charge >= 0.3 is 0 Å². The Hall–Kier alpha value is -3.72. The number of likely N-dealkylation sites (N-methyl/N-ethyl adjacent to an activating group) is 1. The fraction of sp³-hybridized carbons (Fsp3) is 0.333. The first-order valence-corrected chi connectivity index (χ1v) is 10.4. The topological polar surface area (TPSA) is 125 Å². The normalized spacial score (nSPS) is 13.0. The molecule has 1 amide bonds. The van der Waals surface area contributed by atoms with Gasteiger partial charge in [-0.2, -0.15) is 0 Å². The predicted molar refractivity (Wildman–Crippen MR) is 121 cm³/mol. The molecule has 9 nitrogen and oxygen atoms in total. The number of aryl methyl sites for hydroxylation is 1. The summed E-state index contributed by atoms with van der Waals surface area (Å²) < 4.78 is 16.3. The highest BCUT2D eigenvalue weighted by Crippen LogP contribution is 2.37. The maximum absolute atomic E-state index is 13.0. The minimum Gasteiger partial charge on any atom is -0.504 e. The molecule has 0 aliphatic carbocycles. The third-order valence-electron chi connectivity index (χ3n) is 5.37. The molecule has 0 fully saturated rings. The van der Waals surface area contributed by atoms with Gasteiger partial charge in [0.25, 0.3) is 0 Å². The molecule has 1 aromatic carbocycles. The highest BCUT2D eigenvalue weighted by atomic mass is 16.5. The molecule has 3 aromatic rings. The first kappa shape index (κ1) is 23.9. The molecule has 0 bridgehead atoms. The van der Waals surface area contributed by atoms with Gasteiger partial charge in [-0.3, -0.25) is 14.5 Å². The van der Waals surface area contributed by atoms with E-state index in [1.165, 1.54) is 19.2 Å². The van der Waals surface area contributed by atoms with E-state index in [4.69, 9.17) is 13.6 Å². The first-order valence-electron chi connectivity index (χ1n) is 10.4. The third kappa shape index (κ3) is 5.56. The number of benzene rings is 1. The number of aromatic hydroxyl groups is 2. The average Bonchev–Trinajstić information content (AvgIpc) is 3.29. The maximum Gasteiger partial charge on any atom is 0.227 e. The summed E-state index contributed by atoms with van der Waals surface area (Å²) in [6.45, 7) is 1.87. The number of methoxy groups -OCH3 is 1. The highest BCUT2D eigenvalue weighted by Gasteiger charge is 2.27. The second-order valence-electron chi connectivity index (χ2n) is 7.92. The molecule has 3 rings (SSSR count). The lowest BCUT2D eigenvalue weighted by molar-refractivity contribution is -0.121. The van der Waals surface area contributed by atoms with Crippen LogP contribution in [0.5, 0.6) is 17.2 Å². The Labute approximate surface area is 191 Å². The summed E-state index contributed by atoms with van der Waals surface area (Å²) in [6, 6.07) is 9.17. The lowest BCUT2D eigenvalue weighted by atomic mass is 9.91. The quantitative estimate of drug-likeness (QED) is 0.449. The van der Waals surface area contributed by atoms with Gasteiger partial charge in [0, 0.05) is 19.0 Å². The zero-order valence-corrected chi connectivity index (χ0v) is 19.0. The SMILES string of the molecule is COc1cc([C@H](CC(=O)NC[C@H](c2ccco2)N(C)C)c2oc(C)cc(=O)c2O)ccc1O. The van der Waals surface area contributed by atoms with E-state index in [-0.39, 0.29) is 42.2 Å². The lowest BCUT2D eigenvalue weighted by Crippen LogP contribution is -2.35. The third-order valence-corrected chi connectivity index (χ3v) is 5.37. The van der Waals surface area contributed by atoms with E-state index >= 15 is 0 Å². The van der Waals surface area contributed by atoms with E-state index < -0.39 is 17.1 Å². The number of furan rings is 1. The Kier molecular flexibility index (Phi) is 7.44. The zero-order chi connectivity index (χ0) is 24.1. The van der Waals surface area contributed by atoms with Gasteiger partial charge < -0.3 is 29.1 Å². The number of ether oxygens (including phenoxy) is 1. The van der Waals surface area contributed by atoms with Gasteiger partial charge in [0.05, 0.1) is 25.3 Å². The van der Waals surface area contributed by atoms with Crippen molar-refractivity contribution in [1.82, 2.24) is 10.2 Å². The van der Waals surface area contributed by atoms with Crippen LogP contribution in [0.4, 0.5) is 0 Å². The Balaban J connectivity index is 1.90. The smallest absolute Gasteiger partial charge is 0.227 e. The molecule has 9 heteroatoms. The van der Waals surface area contributed by atoms with Crippen molar-refractivity contribution >= 4 is 5.91 Å². The molecule has 3 N–H and O–H groups in total. The number of carbonyl (C=O) groups excluding carboxylic acids is 1. The molecule has 0 aliphatic rings. The molecule has 0 radical (unpaired) electrons. The fourth-order valence-corrected chi connectivity index (χ4v) is 3.62. The van der Waals surface area contributed by atoms with E-state index in [1.54, 1.807) is 31.4 Å². The first-order chi connectivity index (χ1) is 15.7. The molecule has 2 heterocycles. The Morgan fingerprint density at radius 2 is 1.97 bits per heavy atom. The van der Waals surface area contributed by atoms with E-state index in [1.807, 2.05) is 25.1 Å². The van der Waals surface area contributed by atoms with Gasteiger partial charge in [-0.05, 0) is 50.8 Å². The summed E-state index contributed by atoms with van der Waals surface area (Å²) in [5, 5.41) is 23.3. The maximum atomic E-state index is 13.0. The molecule has 2 atom stereocenters. The summed E-state index contributed by atoms with van der Waals surface area (Å²) in [4.78, 5) is 27.1. The lowest BCUT2D eigenvalue weighted by Gasteiger charge is -2.23. The molecule has 0 spiro atoms. The number of hydrogen-bond donors (Lipinski definition) is 3. The van der Waals surface area contributed by atoms with Crippen molar-refractivity contribution in [2.75, 3.05) is 27.7 Å². The summed E-state index contributed by atoms with van der Waals surface area (Å²) >= 11 is 0. The fourth-order valence-electron chi connectivity index (χ4n) is 3.62. The van der Waals surface area contributed by atoms with Gasteiger partial charge in [0.1, 0.15) is 11.5 Å². The van der Waals surface area contributed by atoms with E-state index in [0.717, 1.165) is 0 Å². The van der Waals surface area contributed by atoms with Gasteiger partial charge in [0.2, 0.25) is 17.1 Å². The van der Waals surface area contributed by atoms with Crippen LogP contribution in [0.15, 0.2) is 56.3 Å². The van der Waals surface area contributed by atoms with Crippen LogP contribution in [0.2, 0.25) is 0 Å². The number of hydrogen-bond acceptors (Lipinski definition) is 8. The van der Waals surface area contributed by atoms with Gasteiger partial charge in [-0.1, -0.05) is 6.07 Å². The van der Waals surface area contributed by atoms with Gasteiger partial charge in [-0.15, -0.1) is 0 Å². The molecule has 0 saturated heterocycles. The number of carbonyl (C=O) groups is 1. The van der Waals surface area contributed by atoms with Crippen LogP contribution in [0.3, 0.4) is 0 Å². The average molecular weight is 456 g/mol. The Bertz CT molecular complexity index is 1150. The predicted octanol–water partition coefficient (Wildman–Crippen LogP) is 2.90. The summed E-state index contributed by atoms with van der Waals surface area (Å²) in [5.41, 5.74) is -0.0746. The number of phenols is 1. The molecule has 0 aliphatic heterocycles. The van der Waals surface area contributed by atoms with Crippen LogP contribution >= 0.6 is 0 Å². The standard InChI is InChI=1S/C24H28N2O7/c1-14-10-19(28)23(30)24(33-14)16(15-7-8-18(27)21(11-15)31-4)12-22(29)25-13-17(26(2)3)20-6-5-9-32-20/h5-11,16-17,27,30H,12-13H2,1-4H3,(H,25,29)/t16-,17+/m0/s1. The molecule has 0 unspecified atom stereocenters. The van der Waals surface area contributed by atoms with Crippen LogP contribution in [0, 0.1) is 6.92 Å². The minimum atomic E-state index is -0.798. The Morgan fingerprint density at radius 1 is 1.21 bits per heavy atom. The van der Waals surface area contributed by atoms with Crippen molar-refractivity contribution < 1.29 is 28.6 Å². The summed E-state index contributed by atoms with van der Waals surface area (Å²) in [7, 11) is 5.16. The molecule has 2 aromatic heterocycles. The van der Waals surface area contributed by atoms with Crippen molar-refractivity contribution in [3.8, 4) is 17.2 Å². The Morgan fingerprint density at radius 3 is 2.61 bits per heavy atom. The van der Waals surface area contributed by atoms with Gasteiger partial charge in [0.15, 0.2) is 17.3 Å². The van der Waals surface area contributed by atoms with Crippen molar-refractivity contribution in [3.63, 3.8) is 0 Å². The number of phenolic OH excluding ortho intramolecular Hbond substituents is 1. The minimum absolute atomic E-state index is 0.0295. The molecule has 0 saturated carbocycles. The molecule has 33 heavy (non-hydrogen) atoms. The van der Waals surface area contributed by atoms with E-state index in [2.05, 4.69) is 5.32 Å². The van der Waals surface area contributed by atoms with Crippen LogP contribution < -0.4 is 15.5 Å². The van der Waals surface area contributed by atoms with Crippen molar-refractivity contribution in [1.29, 1.82) is 0 Å². The number of nitrogens with one attached hydrogen (secondary N) is 1. The highest BCUT2D eigenvalue weighted by molar-refractivity contribution is 5.77. The number of rotatable bonds is 9. The largest absolute Gasteiger partial charge is 0.504 e. The summed E-state index contributed by atoms with van der Waals surface area (Å²) in [6.07, 6.45) is 1.45. The summed E-state index contributed by atoms with van der Waals surface area (Å²) in [5.74, 6) is -0.589. The molecular weight excluding hydrogens is 428 g/mol. The van der Waals surface area contributed by atoms with Crippen LogP contribution in [0.25, 0.3) is 0 Å². The molecular formula is C24H28N2O7. The zero-order valence-electron chi connectivity index (χ0n) is 19.0. The molecule has 176 valence electrons. The van der Waals surface area contributed by atoms with Crippen LogP contribution in [0.1, 0.15) is 41.2 Å². The van der Waals surface area contributed by atoms with Crippen molar-refractivity contribution in [3.05, 3.63) is 75.7 Å². The number of amides is 1. The second-order valence-corrected chi connectivity index (χ2v) is 7.92. The van der Waals surface area contributed by atoms with Crippen LogP contribution in [-0.2, 0) is 4.79 Å². The van der Waals surface area contributed by atoms with Crippen LogP contribution in [-0.4, -0.2) is 48.8 Å². The van der Waals surface area contributed by atoms with Crippen molar-refractivity contribution in [2.45, 2.75) is 25.3 Å². The van der Waals surface area contributed by atoms with E-state index in [9.17, 15) is 19.8 Å². The second kappa shape index (κ2) is 10.3. The van der Waals surface area contributed by atoms with E-state index in [0.29, 0.717) is 17.1 Å². The van der Waals surface area contributed by atoms with Crippen molar-refractivity contribution in [2.24, 2.45) is 0 Å². The monoisotopic (exact) mass is 456 g/mol. The number of nitrogens with zero attached hydrogens (tertiary/aromatic N) is 1.